The van der Waals surface area contributed by atoms with E-state index in [4.69, 9.17) is 18.1 Å². The van der Waals surface area contributed by atoms with Gasteiger partial charge < -0.3 is 72.2 Å². The Labute approximate surface area is 293 Å². The Morgan fingerprint density at radius 1 is 0.810 bits per heavy atom. The van der Waals surface area contributed by atoms with Gasteiger partial charge in [-0.3, -0.25) is 9.00 Å². The predicted octanol–water partition coefficient (Wildman–Crippen LogP) is -8.14. The Kier molecular flexibility index (Phi) is 74.6. The Balaban J connectivity index is -0.0000000924. The van der Waals surface area contributed by atoms with E-state index in [1.807, 2.05) is 0 Å². The van der Waals surface area contributed by atoms with E-state index in [2.05, 4.69) is 11.7 Å². The van der Waals surface area contributed by atoms with Crippen molar-refractivity contribution in [2.24, 2.45) is 0 Å². The fraction of sp³-hybridized carbons (Fsp3) is 0.818. The van der Waals surface area contributed by atoms with Gasteiger partial charge in [-0.2, -0.15) is 0 Å². The zero-order valence-electron chi connectivity index (χ0n) is 24.9. The van der Waals surface area contributed by atoms with Gasteiger partial charge in [-0.1, -0.05) is 84.0 Å². The zero-order chi connectivity index (χ0) is 25.1. The van der Waals surface area contributed by atoms with Gasteiger partial charge in [0.1, 0.15) is 12.7 Å². The molecule has 0 aromatic rings. The topological polar surface area (TPSA) is 397 Å². The van der Waals surface area contributed by atoms with E-state index in [9.17, 15) is 24.9 Å². The third-order valence-corrected chi connectivity index (χ3v) is 5.19. The van der Waals surface area contributed by atoms with Crippen LogP contribution in [-0.4, -0.2) is 97.7 Å². The van der Waals surface area contributed by atoms with Gasteiger partial charge in [-0.25, -0.2) is 4.79 Å². The maximum absolute atomic E-state index is 11.7. The van der Waals surface area contributed by atoms with Crippen LogP contribution in [0.2, 0.25) is 0 Å². The normalized spacial score (nSPS) is 12.9. The summed E-state index contributed by atoms with van der Waals surface area (Å²) in [6.07, 6.45) is 13.4. The van der Waals surface area contributed by atoms with Gasteiger partial charge in [0.05, 0.1) is 0 Å². The van der Waals surface area contributed by atoms with Crippen molar-refractivity contribution in [3.8, 4) is 0 Å². The summed E-state index contributed by atoms with van der Waals surface area (Å²) in [5.74, 6) is -3.21. The minimum atomic E-state index is -3.11. The molecule has 0 radical (unpaired) electrons. The van der Waals surface area contributed by atoms with Gasteiger partial charge in [-0.05, 0) is 6.42 Å². The molecule has 0 spiro atoms. The number of aliphatic hydroxyl groups is 3. The molecule has 0 bridgehead atoms. The van der Waals surface area contributed by atoms with Crippen molar-refractivity contribution in [2.45, 2.75) is 109 Å². The molecule has 0 unspecified atom stereocenters. The second kappa shape index (κ2) is 45.5. The molecular formula is C22H52Na2O17S. The van der Waals surface area contributed by atoms with Crippen LogP contribution in [0.4, 0.5) is 0 Å². The number of carbonyl (C=O) groups is 2. The summed E-state index contributed by atoms with van der Waals surface area (Å²) < 4.78 is 34.9. The average molecular weight is 667 g/mol. The maximum atomic E-state index is 11.7. The maximum Gasteiger partial charge on any atom is 1.00 e. The van der Waals surface area contributed by atoms with Crippen LogP contribution in [0, 0.1) is 0 Å². The molecule has 20 heteroatoms. The van der Waals surface area contributed by atoms with Crippen LogP contribution in [0.25, 0.3) is 0 Å². The Hall–Kier alpha value is 0.0300. The standard InChI is InChI=1S/C22H38O7.2Na.H2O3S.7H2O/c1-2-3-4-5-6-7-8-9-10-11-12-13-14-15-18(24)28-16-17(23)21-19(25)20(26)22(27)29-21;;;1-4(2)3;;;;;;;/h17,21,23,25-26H,2-16H2,1H3;;;(H2,1,2,3);7*1H2/q;2*+1;;;;;;;;/p-2/t17-,21+;;;;;;;;;;/m0........../s1. The number of carbonyl (C=O) groups excluding carboxylic acids is 2. The molecule has 0 aromatic carbocycles. The molecule has 2 atom stereocenters. The molecule has 250 valence electrons. The van der Waals surface area contributed by atoms with Gasteiger partial charge >= 0.3 is 71.1 Å². The van der Waals surface area contributed by atoms with E-state index >= 15 is 0 Å². The van der Waals surface area contributed by atoms with Gasteiger partial charge in [0.25, 0.3) is 0 Å². The molecule has 0 aliphatic carbocycles. The summed E-state index contributed by atoms with van der Waals surface area (Å²) in [7, 11) is 0. The zero-order valence-corrected chi connectivity index (χ0v) is 29.7. The molecule has 42 heavy (non-hydrogen) atoms. The van der Waals surface area contributed by atoms with Gasteiger partial charge in [-0.15, -0.1) is 11.4 Å². The summed E-state index contributed by atoms with van der Waals surface area (Å²) in [4.78, 5) is 22.8. The summed E-state index contributed by atoms with van der Waals surface area (Å²) in [6, 6.07) is 0. The van der Waals surface area contributed by atoms with Crippen LogP contribution in [0.15, 0.2) is 11.5 Å². The smallest absolute Gasteiger partial charge is 0.784 e. The van der Waals surface area contributed by atoms with E-state index < -0.39 is 53.6 Å². The number of hydrogen-bond donors (Lipinski definition) is 3. The van der Waals surface area contributed by atoms with Crippen LogP contribution in [0.1, 0.15) is 96.8 Å². The van der Waals surface area contributed by atoms with E-state index in [1.54, 1.807) is 0 Å². The minimum Gasteiger partial charge on any atom is -0.784 e. The fourth-order valence-electron chi connectivity index (χ4n) is 3.35. The molecule has 0 amide bonds. The molecule has 0 aromatic heterocycles. The van der Waals surface area contributed by atoms with Crippen molar-refractivity contribution < 1.29 is 145 Å². The number of esters is 2. The summed E-state index contributed by atoms with van der Waals surface area (Å²) in [5, 5.41) is 28.5. The number of hydrogen-bond acceptors (Lipinski definition) is 10. The van der Waals surface area contributed by atoms with Gasteiger partial charge in [0.15, 0.2) is 11.9 Å². The van der Waals surface area contributed by atoms with Crippen LogP contribution in [-0.2, 0) is 30.4 Å². The number of ether oxygens (including phenoxy) is 2. The third kappa shape index (κ3) is 38.1. The SMILES string of the molecule is CCCCCCCCCCCCCCCC(=O)OC[C@H](O)[C@H]1OC(=O)C(O)=C1O.O.O.O.O.O.O.O.O=S([O-])[O-].[Na+].[Na+]. The first kappa shape index (κ1) is 69.0. The summed E-state index contributed by atoms with van der Waals surface area (Å²) >= 11 is -3.11. The monoisotopic (exact) mass is 666 g/mol. The van der Waals surface area contributed by atoms with Crippen LogP contribution >= 0.6 is 0 Å². The molecule has 1 aliphatic heterocycles. The van der Waals surface area contributed by atoms with Crippen LogP contribution < -0.4 is 59.1 Å². The van der Waals surface area contributed by atoms with Crippen molar-refractivity contribution in [1.82, 2.24) is 0 Å². The van der Waals surface area contributed by atoms with Gasteiger partial charge in [0.2, 0.25) is 5.76 Å². The summed E-state index contributed by atoms with van der Waals surface area (Å²) in [5.41, 5.74) is 0. The molecule has 0 saturated heterocycles. The van der Waals surface area contributed by atoms with E-state index in [0.29, 0.717) is 0 Å². The molecule has 0 saturated carbocycles. The van der Waals surface area contributed by atoms with Crippen molar-refractivity contribution in [3.05, 3.63) is 11.5 Å². The van der Waals surface area contributed by atoms with Crippen LogP contribution in [0.3, 0.4) is 0 Å². The van der Waals surface area contributed by atoms with Crippen LogP contribution in [0.5, 0.6) is 0 Å². The van der Waals surface area contributed by atoms with E-state index in [-0.39, 0.29) is 104 Å². The van der Waals surface area contributed by atoms with Crippen molar-refractivity contribution in [1.29, 1.82) is 0 Å². The third-order valence-electron chi connectivity index (χ3n) is 5.19. The van der Waals surface area contributed by atoms with Gasteiger partial charge in [0, 0.05) is 6.42 Å². The number of aliphatic hydroxyl groups excluding tert-OH is 3. The molecule has 1 heterocycles. The van der Waals surface area contributed by atoms with Crippen molar-refractivity contribution >= 4 is 23.3 Å². The van der Waals surface area contributed by atoms with Crippen molar-refractivity contribution in [2.75, 3.05) is 6.61 Å². The predicted molar refractivity (Wildman–Crippen MR) is 144 cm³/mol. The first-order valence-corrected chi connectivity index (χ1v) is 12.6. The van der Waals surface area contributed by atoms with E-state index in [1.165, 1.54) is 64.2 Å². The second-order valence-corrected chi connectivity index (χ2v) is 8.42. The Morgan fingerprint density at radius 2 is 1.14 bits per heavy atom. The molecule has 17 nitrogen and oxygen atoms in total. The molecule has 1 rings (SSSR count). The first-order valence-electron chi connectivity index (χ1n) is 11.6. The van der Waals surface area contributed by atoms with Crippen molar-refractivity contribution in [3.63, 3.8) is 0 Å². The number of rotatable bonds is 17. The Morgan fingerprint density at radius 3 is 1.45 bits per heavy atom. The van der Waals surface area contributed by atoms with E-state index in [0.717, 1.165) is 19.3 Å². The second-order valence-electron chi connectivity index (χ2n) is 8.01. The average Bonchev–Trinajstić information content (AvgIpc) is 3.02. The fourth-order valence-corrected chi connectivity index (χ4v) is 3.35. The molecule has 17 N–H and O–H groups in total. The largest absolute Gasteiger partial charge is 1.00 e. The quantitative estimate of drug-likeness (QED) is 0.0569. The summed E-state index contributed by atoms with van der Waals surface area (Å²) in [6.45, 7) is 1.83. The number of unbranched alkanes of at least 4 members (excludes halogenated alkanes) is 12. The molecule has 0 fully saturated rings. The molecular weight excluding hydrogens is 614 g/mol. The molecule has 1 aliphatic rings. The minimum absolute atomic E-state index is 0. The first-order chi connectivity index (χ1) is 15.7. The Bertz CT molecular complexity index is 626. The number of cyclic esters (lactones) is 1.